The van der Waals surface area contributed by atoms with Crippen molar-refractivity contribution in [1.29, 1.82) is 0 Å². The molecule has 1 aliphatic heterocycles. The van der Waals surface area contributed by atoms with Crippen LogP contribution in [0.25, 0.3) is 0 Å². The van der Waals surface area contributed by atoms with Crippen LogP contribution >= 0.6 is 12.4 Å². The first-order valence-electron chi connectivity index (χ1n) is 3.67. The normalized spacial score (nSPS) is 26.7. The van der Waals surface area contributed by atoms with Gasteiger partial charge in [0.2, 0.25) is 0 Å². The van der Waals surface area contributed by atoms with Gasteiger partial charge in [0.1, 0.15) is 0 Å². The summed E-state index contributed by atoms with van der Waals surface area (Å²) in [6, 6.07) is 0. The SMILES string of the molecule is CO[C@@H]1CCCCNC1.Cl. The molecule has 62 valence electrons. The van der Waals surface area contributed by atoms with Gasteiger partial charge in [-0.15, -0.1) is 12.4 Å². The van der Waals surface area contributed by atoms with Crippen LogP contribution in [0.2, 0.25) is 0 Å². The predicted molar refractivity (Wildman–Crippen MR) is 44.8 cm³/mol. The van der Waals surface area contributed by atoms with E-state index in [2.05, 4.69) is 5.32 Å². The largest absolute Gasteiger partial charge is 0.380 e. The van der Waals surface area contributed by atoms with Crippen LogP contribution in [0.3, 0.4) is 0 Å². The number of rotatable bonds is 1. The fourth-order valence-electron chi connectivity index (χ4n) is 1.19. The maximum atomic E-state index is 5.21. The van der Waals surface area contributed by atoms with Crippen LogP contribution in [0.5, 0.6) is 0 Å². The molecule has 2 nitrogen and oxygen atoms in total. The summed E-state index contributed by atoms with van der Waals surface area (Å²) in [6.45, 7) is 2.20. The van der Waals surface area contributed by atoms with Crippen LogP contribution in [0, 0.1) is 0 Å². The zero-order chi connectivity index (χ0) is 6.53. The lowest BCUT2D eigenvalue weighted by molar-refractivity contribution is 0.0989. The van der Waals surface area contributed by atoms with Crippen molar-refractivity contribution in [3.63, 3.8) is 0 Å². The number of nitrogens with one attached hydrogen (secondary N) is 1. The summed E-state index contributed by atoms with van der Waals surface area (Å²) < 4.78 is 5.21. The van der Waals surface area contributed by atoms with Crippen LogP contribution in [-0.4, -0.2) is 26.3 Å². The number of hydrogen-bond acceptors (Lipinski definition) is 2. The zero-order valence-electron chi connectivity index (χ0n) is 6.43. The molecule has 1 fully saturated rings. The summed E-state index contributed by atoms with van der Waals surface area (Å²) >= 11 is 0. The molecule has 0 amide bonds. The third kappa shape index (κ3) is 3.40. The molecule has 0 saturated carbocycles. The van der Waals surface area contributed by atoms with Crippen LogP contribution in [-0.2, 0) is 4.74 Å². The Morgan fingerprint density at radius 3 is 2.90 bits per heavy atom. The van der Waals surface area contributed by atoms with Gasteiger partial charge < -0.3 is 10.1 Å². The van der Waals surface area contributed by atoms with E-state index in [1.165, 1.54) is 25.8 Å². The highest BCUT2D eigenvalue weighted by Gasteiger charge is 2.08. The summed E-state index contributed by atoms with van der Waals surface area (Å²) in [5.41, 5.74) is 0. The predicted octanol–water partition coefficient (Wildman–Crippen LogP) is 1.20. The Morgan fingerprint density at radius 1 is 1.40 bits per heavy atom. The molecule has 0 bridgehead atoms. The van der Waals surface area contributed by atoms with Crippen molar-refractivity contribution < 1.29 is 4.74 Å². The van der Waals surface area contributed by atoms with Crippen molar-refractivity contribution in [2.75, 3.05) is 20.2 Å². The lowest BCUT2D eigenvalue weighted by Gasteiger charge is -2.10. The Bertz CT molecular complexity index is 72.0. The van der Waals surface area contributed by atoms with E-state index in [0.29, 0.717) is 6.10 Å². The number of hydrogen-bond donors (Lipinski definition) is 1. The van der Waals surface area contributed by atoms with E-state index < -0.39 is 0 Å². The van der Waals surface area contributed by atoms with Gasteiger partial charge in [0.05, 0.1) is 6.10 Å². The Balaban J connectivity index is 0.000000810. The molecule has 1 atom stereocenters. The second-order valence-electron chi connectivity index (χ2n) is 2.56. The van der Waals surface area contributed by atoms with Crippen LogP contribution in [0.1, 0.15) is 19.3 Å². The van der Waals surface area contributed by atoms with Crippen molar-refractivity contribution >= 4 is 12.4 Å². The van der Waals surface area contributed by atoms with E-state index in [1.54, 1.807) is 7.11 Å². The molecule has 0 aromatic rings. The van der Waals surface area contributed by atoms with Crippen molar-refractivity contribution in [1.82, 2.24) is 5.32 Å². The highest BCUT2D eigenvalue weighted by atomic mass is 35.5. The molecule has 0 spiro atoms. The molecule has 1 rings (SSSR count). The van der Waals surface area contributed by atoms with Gasteiger partial charge in [-0.2, -0.15) is 0 Å². The molecule has 0 aromatic carbocycles. The smallest absolute Gasteiger partial charge is 0.0695 e. The molecule has 1 aliphatic rings. The van der Waals surface area contributed by atoms with Crippen LogP contribution in [0.15, 0.2) is 0 Å². The molecule has 0 aromatic heterocycles. The molecule has 1 heterocycles. The third-order valence-electron chi connectivity index (χ3n) is 1.83. The van der Waals surface area contributed by atoms with Gasteiger partial charge in [-0.05, 0) is 25.8 Å². The summed E-state index contributed by atoms with van der Waals surface area (Å²) in [7, 11) is 1.79. The third-order valence-corrected chi connectivity index (χ3v) is 1.83. The van der Waals surface area contributed by atoms with Crippen molar-refractivity contribution in [3.8, 4) is 0 Å². The average molecular weight is 166 g/mol. The van der Waals surface area contributed by atoms with Gasteiger partial charge in [-0.1, -0.05) is 0 Å². The molecular formula is C7H16ClNO. The second kappa shape index (κ2) is 5.96. The quantitative estimate of drug-likeness (QED) is 0.631. The molecule has 0 aliphatic carbocycles. The van der Waals surface area contributed by atoms with E-state index in [-0.39, 0.29) is 12.4 Å². The first-order chi connectivity index (χ1) is 4.43. The molecule has 3 heteroatoms. The fourth-order valence-corrected chi connectivity index (χ4v) is 1.19. The van der Waals surface area contributed by atoms with Gasteiger partial charge in [0.15, 0.2) is 0 Å². The van der Waals surface area contributed by atoms with Crippen molar-refractivity contribution in [2.24, 2.45) is 0 Å². The summed E-state index contributed by atoms with van der Waals surface area (Å²) in [6.07, 6.45) is 4.31. The van der Waals surface area contributed by atoms with Crippen LogP contribution < -0.4 is 5.32 Å². The maximum Gasteiger partial charge on any atom is 0.0695 e. The Morgan fingerprint density at radius 2 is 2.20 bits per heavy atom. The first-order valence-corrected chi connectivity index (χ1v) is 3.67. The molecule has 0 radical (unpaired) electrons. The van der Waals surface area contributed by atoms with E-state index >= 15 is 0 Å². The summed E-state index contributed by atoms with van der Waals surface area (Å²) in [5, 5.41) is 3.32. The molecule has 10 heavy (non-hydrogen) atoms. The fraction of sp³-hybridized carbons (Fsp3) is 1.00. The van der Waals surface area contributed by atoms with Crippen LogP contribution in [0.4, 0.5) is 0 Å². The summed E-state index contributed by atoms with van der Waals surface area (Å²) in [4.78, 5) is 0. The average Bonchev–Trinajstić information content (AvgIpc) is 2.13. The molecule has 1 saturated heterocycles. The zero-order valence-corrected chi connectivity index (χ0v) is 7.25. The van der Waals surface area contributed by atoms with E-state index in [1.807, 2.05) is 0 Å². The number of ether oxygens (including phenoxy) is 1. The highest BCUT2D eigenvalue weighted by Crippen LogP contribution is 2.05. The van der Waals surface area contributed by atoms with Gasteiger partial charge in [0, 0.05) is 13.7 Å². The van der Waals surface area contributed by atoms with Gasteiger partial charge in [-0.3, -0.25) is 0 Å². The monoisotopic (exact) mass is 165 g/mol. The Kier molecular flexibility index (Phi) is 6.08. The standard InChI is InChI=1S/C7H15NO.ClH/c1-9-7-4-2-3-5-8-6-7;/h7-8H,2-6H2,1H3;1H/t7-;/m1./s1. The first kappa shape index (κ1) is 10.2. The Labute approximate surface area is 68.7 Å². The molecule has 1 N–H and O–H groups in total. The maximum absolute atomic E-state index is 5.21. The van der Waals surface area contributed by atoms with Gasteiger partial charge >= 0.3 is 0 Å². The lowest BCUT2D eigenvalue weighted by atomic mass is 10.2. The highest BCUT2D eigenvalue weighted by molar-refractivity contribution is 5.85. The summed E-state index contributed by atoms with van der Waals surface area (Å²) in [5.74, 6) is 0. The van der Waals surface area contributed by atoms with E-state index in [4.69, 9.17) is 4.74 Å². The van der Waals surface area contributed by atoms with Gasteiger partial charge in [0.25, 0.3) is 0 Å². The molecule has 0 unspecified atom stereocenters. The lowest BCUT2D eigenvalue weighted by Crippen LogP contribution is -2.25. The van der Waals surface area contributed by atoms with E-state index in [9.17, 15) is 0 Å². The molecular weight excluding hydrogens is 150 g/mol. The number of halogens is 1. The number of methoxy groups -OCH3 is 1. The van der Waals surface area contributed by atoms with Crippen molar-refractivity contribution in [2.45, 2.75) is 25.4 Å². The Hall–Kier alpha value is 0.210. The second-order valence-corrected chi connectivity index (χ2v) is 2.56. The van der Waals surface area contributed by atoms with Crippen molar-refractivity contribution in [3.05, 3.63) is 0 Å². The minimum absolute atomic E-state index is 0. The minimum Gasteiger partial charge on any atom is -0.380 e. The van der Waals surface area contributed by atoms with E-state index in [0.717, 1.165) is 6.54 Å². The topological polar surface area (TPSA) is 21.3 Å². The van der Waals surface area contributed by atoms with Gasteiger partial charge in [-0.25, -0.2) is 0 Å². The minimum atomic E-state index is 0.